The predicted molar refractivity (Wildman–Crippen MR) is 147 cm³/mol. The van der Waals surface area contributed by atoms with E-state index in [4.69, 9.17) is 9.47 Å². The maximum absolute atomic E-state index is 12.7. The number of ether oxygens (including phenoxy) is 2. The molecule has 0 atom stereocenters. The van der Waals surface area contributed by atoms with E-state index in [1.54, 1.807) is 7.11 Å². The molecule has 0 saturated carbocycles. The van der Waals surface area contributed by atoms with Crippen LogP contribution in [0.3, 0.4) is 0 Å². The molecule has 3 rings (SSSR count). The van der Waals surface area contributed by atoms with Crippen LogP contribution in [-0.4, -0.2) is 29.4 Å². The van der Waals surface area contributed by atoms with Crippen LogP contribution in [-0.2, 0) is 16.7 Å². The molecule has 0 bridgehead atoms. The number of carboxylic acid groups (broad SMARTS) is 1. The highest BCUT2D eigenvalue weighted by Crippen LogP contribution is 2.27. The Labute approximate surface area is 214 Å². The van der Waals surface area contributed by atoms with Crippen LogP contribution in [0.2, 0.25) is 0 Å². The molecule has 2 aromatic carbocycles. The average molecular weight is 488 g/mol. The molecule has 0 amide bonds. The molecule has 0 aliphatic carbocycles. The van der Waals surface area contributed by atoms with Crippen molar-refractivity contribution in [2.24, 2.45) is 0 Å². The van der Waals surface area contributed by atoms with E-state index < -0.39 is 5.97 Å². The summed E-state index contributed by atoms with van der Waals surface area (Å²) < 4.78 is 13.1. The SMILES string of the molecule is C=c1c(-c2ccc(C(C)(C)C)cc2)c(C(=O)O)n(Cc2cccc(OC)c2)/c1=C/C(=C\CC)OCC. The van der Waals surface area contributed by atoms with E-state index in [-0.39, 0.29) is 11.1 Å². The summed E-state index contributed by atoms with van der Waals surface area (Å²) in [4.78, 5) is 12.7. The normalized spacial score (nSPS) is 12.6. The van der Waals surface area contributed by atoms with Crippen molar-refractivity contribution in [2.75, 3.05) is 13.7 Å². The third kappa shape index (κ3) is 5.91. The van der Waals surface area contributed by atoms with Gasteiger partial charge in [0.05, 0.1) is 19.1 Å². The van der Waals surface area contributed by atoms with Crippen LogP contribution >= 0.6 is 0 Å². The van der Waals surface area contributed by atoms with Crippen LogP contribution in [0.4, 0.5) is 0 Å². The third-order valence-electron chi connectivity index (χ3n) is 6.12. The van der Waals surface area contributed by atoms with Crippen molar-refractivity contribution in [2.45, 2.75) is 53.0 Å². The minimum Gasteiger partial charge on any atom is -0.497 e. The van der Waals surface area contributed by atoms with E-state index in [0.717, 1.165) is 23.3 Å². The fourth-order valence-corrected chi connectivity index (χ4v) is 4.30. The van der Waals surface area contributed by atoms with Gasteiger partial charge < -0.3 is 19.1 Å². The number of carbonyl (C=O) groups is 1. The average Bonchev–Trinajstić information content (AvgIpc) is 3.10. The quantitative estimate of drug-likeness (QED) is 0.392. The Kier molecular flexibility index (Phi) is 8.46. The van der Waals surface area contributed by atoms with Crippen molar-refractivity contribution in [3.63, 3.8) is 0 Å². The lowest BCUT2D eigenvalue weighted by Gasteiger charge is -2.19. The molecule has 5 nitrogen and oxygen atoms in total. The maximum atomic E-state index is 12.7. The molecule has 3 aromatic rings. The smallest absolute Gasteiger partial charge is 0.353 e. The van der Waals surface area contributed by atoms with Gasteiger partial charge in [0.15, 0.2) is 0 Å². The fourth-order valence-electron chi connectivity index (χ4n) is 4.30. The zero-order chi connectivity index (χ0) is 26.5. The summed E-state index contributed by atoms with van der Waals surface area (Å²) in [5, 5.41) is 11.8. The van der Waals surface area contributed by atoms with Crippen LogP contribution in [0.1, 0.15) is 62.7 Å². The van der Waals surface area contributed by atoms with Gasteiger partial charge >= 0.3 is 5.97 Å². The molecule has 1 aromatic heterocycles. The van der Waals surface area contributed by atoms with Gasteiger partial charge in [-0.05, 0) is 53.7 Å². The van der Waals surface area contributed by atoms with Crippen LogP contribution in [0, 0.1) is 0 Å². The molecular weight excluding hydrogens is 450 g/mol. The second-order valence-corrected chi connectivity index (χ2v) is 9.75. The predicted octanol–water partition coefficient (Wildman–Crippen LogP) is 5.73. The van der Waals surface area contributed by atoms with Gasteiger partial charge in [0, 0.05) is 23.4 Å². The number of hydrogen-bond acceptors (Lipinski definition) is 3. The summed E-state index contributed by atoms with van der Waals surface area (Å²) in [7, 11) is 1.62. The Morgan fingerprint density at radius 2 is 1.81 bits per heavy atom. The summed E-state index contributed by atoms with van der Waals surface area (Å²) in [6, 6.07) is 15.8. The summed E-state index contributed by atoms with van der Waals surface area (Å²) in [6.07, 6.45) is 4.68. The van der Waals surface area contributed by atoms with E-state index in [1.807, 2.05) is 67.0 Å². The molecule has 1 heterocycles. The second kappa shape index (κ2) is 11.3. The van der Waals surface area contributed by atoms with Gasteiger partial charge in [0.2, 0.25) is 0 Å². The van der Waals surface area contributed by atoms with Crippen LogP contribution in [0.5, 0.6) is 5.75 Å². The number of rotatable bonds is 9. The summed E-state index contributed by atoms with van der Waals surface area (Å²) in [5.41, 5.74) is 3.74. The van der Waals surface area contributed by atoms with Gasteiger partial charge in [-0.15, -0.1) is 0 Å². The Hall–Kier alpha value is -3.73. The van der Waals surface area contributed by atoms with Crippen molar-refractivity contribution < 1.29 is 19.4 Å². The molecule has 36 heavy (non-hydrogen) atoms. The highest BCUT2D eigenvalue weighted by Gasteiger charge is 2.23. The highest BCUT2D eigenvalue weighted by atomic mass is 16.5. The number of aromatic nitrogens is 1. The number of carboxylic acids is 1. The number of allylic oxidation sites excluding steroid dienone is 2. The van der Waals surface area contributed by atoms with Gasteiger partial charge in [-0.25, -0.2) is 4.79 Å². The van der Waals surface area contributed by atoms with Crippen molar-refractivity contribution in [1.29, 1.82) is 0 Å². The van der Waals surface area contributed by atoms with Crippen molar-refractivity contribution in [1.82, 2.24) is 4.57 Å². The van der Waals surface area contributed by atoms with Crippen LogP contribution in [0.25, 0.3) is 23.8 Å². The van der Waals surface area contributed by atoms with E-state index in [9.17, 15) is 9.90 Å². The van der Waals surface area contributed by atoms with E-state index in [1.165, 1.54) is 5.56 Å². The van der Waals surface area contributed by atoms with Gasteiger partial charge in [-0.3, -0.25) is 0 Å². The molecule has 0 radical (unpaired) electrons. The maximum Gasteiger partial charge on any atom is 0.353 e. The topological polar surface area (TPSA) is 60.7 Å². The number of hydrogen-bond donors (Lipinski definition) is 1. The first-order valence-corrected chi connectivity index (χ1v) is 12.3. The standard InChI is InChI=1S/C31H37NO4/c1-8-11-26(36-9-2)19-27-21(3)28(23-14-16-24(17-15-23)31(4,5)6)29(30(33)34)32(27)20-22-12-10-13-25(18-22)35-7/h10-19H,3,8-9,20H2,1-2,4-7H3,(H,33,34)/b26-11+,27-19+. The lowest BCUT2D eigenvalue weighted by molar-refractivity contribution is 0.0686. The lowest BCUT2D eigenvalue weighted by Crippen LogP contribution is -2.30. The molecular formula is C31H37NO4. The van der Waals surface area contributed by atoms with Gasteiger partial charge in [-0.2, -0.15) is 0 Å². The first kappa shape index (κ1) is 26.9. The zero-order valence-electron chi connectivity index (χ0n) is 22.2. The molecule has 0 aliphatic rings. The minimum absolute atomic E-state index is 0.00394. The summed E-state index contributed by atoms with van der Waals surface area (Å²) in [5.74, 6) is 0.409. The van der Waals surface area contributed by atoms with E-state index >= 15 is 0 Å². The first-order chi connectivity index (χ1) is 17.1. The molecule has 5 heteroatoms. The van der Waals surface area contributed by atoms with Gasteiger partial charge in [0.25, 0.3) is 0 Å². The Morgan fingerprint density at radius 1 is 1.11 bits per heavy atom. The fraction of sp³-hybridized carbons (Fsp3) is 0.323. The molecule has 190 valence electrons. The Balaban J connectivity index is 2.34. The number of methoxy groups -OCH3 is 1. The van der Waals surface area contributed by atoms with Gasteiger partial charge in [-0.1, -0.05) is 70.7 Å². The monoisotopic (exact) mass is 487 g/mol. The number of aromatic carboxylic acids is 1. The van der Waals surface area contributed by atoms with Crippen molar-refractivity contribution >= 4 is 18.6 Å². The number of nitrogens with zero attached hydrogens (tertiary/aromatic N) is 1. The molecule has 0 unspecified atom stereocenters. The molecule has 0 fully saturated rings. The van der Waals surface area contributed by atoms with Gasteiger partial charge in [0.1, 0.15) is 17.2 Å². The number of benzene rings is 2. The van der Waals surface area contributed by atoms with Crippen molar-refractivity contribution in [3.8, 4) is 16.9 Å². The van der Waals surface area contributed by atoms with Crippen LogP contribution in [0.15, 0.2) is 60.4 Å². The third-order valence-corrected chi connectivity index (χ3v) is 6.12. The highest BCUT2D eigenvalue weighted by molar-refractivity contribution is 5.95. The van der Waals surface area contributed by atoms with Crippen LogP contribution < -0.4 is 15.3 Å². The summed E-state index contributed by atoms with van der Waals surface area (Å²) in [6.45, 7) is 15.7. The molecule has 0 aliphatic heterocycles. The Morgan fingerprint density at radius 3 is 2.36 bits per heavy atom. The summed E-state index contributed by atoms with van der Waals surface area (Å²) >= 11 is 0. The molecule has 0 spiro atoms. The zero-order valence-corrected chi connectivity index (χ0v) is 22.2. The van der Waals surface area contributed by atoms with Crippen molar-refractivity contribution in [3.05, 3.63) is 87.8 Å². The molecule has 0 saturated heterocycles. The van der Waals surface area contributed by atoms with E-state index in [2.05, 4.69) is 39.5 Å². The largest absolute Gasteiger partial charge is 0.497 e. The lowest BCUT2D eigenvalue weighted by atomic mass is 9.86. The molecule has 1 N–H and O–H groups in total. The van der Waals surface area contributed by atoms with E-state index in [0.29, 0.717) is 35.0 Å². The first-order valence-electron chi connectivity index (χ1n) is 12.3. The minimum atomic E-state index is -1.00. The Bertz CT molecular complexity index is 1360. The second-order valence-electron chi connectivity index (χ2n) is 9.75.